The van der Waals surface area contributed by atoms with Gasteiger partial charge >= 0.3 is 0 Å². The molecule has 8 heteroatoms. The zero-order valence-electron chi connectivity index (χ0n) is 13.9. The Morgan fingerprint density at radius 3 is 2.50 bits per heavy atom. The van der Waals surface area contributed by atoms with E-state index < -0.39 is 16.7 Å². The minimum Gasteiger partial charge on any atom is -0.326 e. The number of fused-ring (bicyclic) bond motifs is 1. The van der Waals surface area contributed by atoms with Gasteiger partial charge in [-0.3, -0.25) is 29.4 Å². The van der Waals surface area contributed by atoms with Gasteiger partial charge in [-0.1, -0.05) is 18.2 Å². The summed E-state index contributed by atoms with van der Waals surface area (Å²) in [6.07, 6.45) is -0.0676. The molecule has 0 radical (unpaired) electrons. The second-order valence-corrected chi connectivity index (χ2v) is 5.86. The number of carbonyl (C=O) groups is 3. The van der Waals surface area contributed by atoms with Gasteiger partial charge in [0.2, 0.25) is 5.91 Å². The summed E-state index contributed by atoms with van der Waals surface area (Å²) < 4.78 is 0. The maximum Gasteiger partial charge on any atom is 0.270 e. The first kappa shape index (κ1) is 17.3. The fraction of sp³-hybridized carbons (Fsp3) is 0.167. The molecule has 132 valence electrons. The molecular formula is C18H15N3O5. The van der Waals surface area contributed by atoms with Crippen molar-refractivity contribution < 1.29 is 19.3 Å². The standard InChI is InChI=1S/C18H15N3O5/c1-11-4-2-3-5-15(11)19-16(22)8-9-20-17(23)13-7-6-12(21(25)26)10-14(13)18(20)24/h2-7,10H,8-9H2,1H3,(H,19,22). The number of non-ortho nitro benzene ring substituents is 1. The number of carbonyl (C=O) groups excluding carboxylic acids is 3. The molecule has 26 heavy (non-hydrogen) atoms. The molecule has 1 aliphatic rings. The Balaban J connectivity index is 1.68. The van der Waals surface area contributed by atoms with Crippen LogP contribution in [0.1, 0.15) is 32.7 Å². The minimum absolute atomic E-state index is 0.0106. The Morgan fingerprint density at radius 2 is 1.81 bits per heavy atom. The third-order valence-electron chi connectivity index (χ3n) is 4.15. The molecule has 0 atom stereocenters. The van der Waals surface area contributed by atoms with Crippen LogP contribution in [0.15, 0.2) is 42.5 Å². The fourth-order valence-corrected chi connectivity index (χ4v) is 2.73. The molecule has 0 spiro atoms. The summed E-state index contributed by atoms with van der Waals surface area (Å²) in [5, 5.41) is 13.6. The lowest BCUT2D eigenvalue weighted by Crippen LogP contribution is -2.32. The summed E-state index contributed by atoms with van der Waals surface area (Å²) in [5.41, 5.74) is 1.40. The predicted octanol–water partition coefficient (Wildman–Crippen LogP) is 2.53. The van der Waals surface area contributed by atoms with E-state index in [1.165, 1.54) is 12.1 Å². The van der Waals surface area contributed by atoms with Crippen LogP contribution in [-0.4, -0.2) is 34.1 Å². The molecule has 0 fully saturated rings. The number of benzene rings is 2. The van der Waals surface area contributed by atoms with Crippen LogP contribution in [0, 0.1) is 17.0 Å². The molecule has 2 aromatic carbocycles. The number of nitro groups is 1. The van der Waals surface area contributed by atoms with Crippen molar-refractivity contribution in [2.75, 3.05) is 11.9 Å². The molecule has 3 amide bonds. The van der Waals surface area contributed by atoms with E-state index in [1.807, 2.05) is 19.1 Å². The van der Waals surface area contributed by atoms with Gasteiger partial charge in [0, 0.05) is 30.8 Å². The lowest BCUT2D eigenvalue weighted by atomic mass is 10.1. The second-order valence-electron chi connectivity index (χ2n) is 5.86. The normalized spacial score (nSPS) is 12.9. The van der Waals surface area contributed by atoms with Crippen LogP contribution >= 0.6 is 0 Å². The molecule has 0 aliphatic carbocycles. The topological polar surface area (TPSA) is 110 Å². The molecule has 1 N–H and O–H groups in total. The molecule has 1 aliphatic heterocycles. The van der Waals surface area contributed by atoms with Crippen molar-refractivity contribution in [3.63, 3.8) is 0 Å². The van der Waals surface area contributed by atoms with Gasteiger partial charge < -0.3 is 5.32 Å². The number of nitrogens with one attached hydrogen (secondary N) is 1. The van der Waals surface area contributed by atoms with Crippen LogP contribution in [0.5, 0.6) is 0 Å². The van der Waals surface area contributed by atoms with Crippen molar-refractivity contribution in [1.82, 2.24) is 4.90 Å². The summed E-state index contributed by atoms with van der Waals surface area (Å²) in [6.45, 7) is 1.75. The Bertz CT molecular complexity index is 938. The molecule has 2 aromatic rings. The first-order valence-electron chi connectivity index (χ1n) is 7.88. The molecule has 0 aromatic heterocycles. The summed E-state index contributed by atoms with van der Waals surface area (Å²) in [6, 6.07) is 10.8. The third-order valence-corrected chi connectivity index (χ3v) is 4.15. The number of hydrogen-bond donors (Lipinski definition) is 1. The van der Waals surface area contributed by atoms with E-state index in [0.717, 1.165) is 16.5 Å². The van der Waals surface area contributed by atoms with E-state index in [9.17, 15) is 24.5 Å². The number of rotatable bonds is 5. The molecule has 1 heterocycles. The lowest BCUT2D eigenvalue weighted by molar-refractivity contribution is -0.384. The summed E-state index contributed by atoms with van der Waals surface area (Å²) in [7, 11) is 0. The molecule has 0 unspecified atom stereocenters. The maximum atomic E-state index is 12.4. The second kappa shape index (κ2) is 6.75. The van der Waals surface area contributed by atoms with Crippen LogP contribution in [0.3, 0.4) is 0 Å². The van der Waals surface area contributed by atoms with E-state index in [2.05, 4.69) is 5.32 Å². The van der Waals surface area contributed by atoms with Crippen molar-refractivity contribution in [1.29, 1.82) is 0 Å². The highest BCUT2D eigenvalue weighted by Gasteiger charge is 2.36. The van der Waals surface area contributed by atoms with Gasteiger partial charge in [0.25, 0.3) is 17.5 Å². The van der Waals surface area contributed by atoms with Crippen LogP contribution in [0.2, 0.25) is 0 Å². The van der Waals surface area contributed by atoms with Gasteiger partial charge in [-0.05, 0) is 24.6 Å². The van der Waals surface area contributed by atoms with Crippen LogP contribution in [0.4, 0.5) is 11.4 Å². The lowest BCUT2D eigenvalue weighted by Gasteiger charge is -2.14. The molecule has 0 bridgehead atoms. The summed E-state index contributed by atoms with van der Waals surface area (Å²) >= 11 is 0. The number of amides is 3. The van der Waals surface area contributed by atoms with E-state index in [0.29, 0.717) is 5.69 Å². The summed E-state index contributed by atoms with van der Waals surface area (Å²) in [5.74, 6) is -1.51. The Hall–Kier alpha value is -3.55. The quantitative estimate of drug-likeness (QED) is 0.504. The number of hydrogen-bond acceptors (Lipinski definition) is 5. The molecule has 0 saturated heterocycles. The van der Waals surface area contributed by atoms with Crippen molar-refractivity contribution in [2.45, 2.75) is 13.3 Å². The predicted molar refractivity (Wildman–Crippen MR) is 92.9 cm³/mol. The van der Waals surface area contributed by atoms with Crippen LogP contribution < -0.4 is 5.32 Å². The van der Waals surface area contributed by atoms with Gasteiger partial charge in [0.1, 0.15) is 0 Å². The number of anilines is 1. The van der Waals surface area contributed by atoms with Crippen molar-refractivity contribution in [3.05, 3.63) is 69.3 Å². The average molecular weight is 353 g/mol. The van der Waals surface area contributed by atoms with Gasteiger partial charge in [0.05, 0.1) is 16.1 Å². The number of nitrogens with zero attached hydrogens (tertiary/aromatic N) is 2. The molecule has 8 nitrogen and oxygen atoms in total. The van der Waals surface area contributed by atoms with Crippen molar-refractivity contribution in [2.24, 2.45) is 0 Å². The van der Waals surface area contributed by atoms with Crippen LogP contribution in [-0.2, 0) is 4.79 Å². The van der Waals surface area contributed by atoms with E-state index in [4.69, 9.17) is 0 Å². The van der Waals surface area contributed by atoms with Gasteiger partial charge in [-0.2, -0.15) is 0 Å². The third kappa shape index (κ3) is 3.16. The smallest absolute Gasteiger partial charge is 0.270 e. The minimum atomic E-state index is -0.629. The largest absolute Gasteiger partial charge is 0.326 e. The van der Waals surface area contributed by atoms with Crippen molar-refractivity contribution in [3.8, 4) is 0 Å². The Morgan fingerprint density at radius 1 is 1.12 bits per heavy atom. The Kier molecular flexibility index (Phi) is 4.49. The highest BCUT2D eigenvalue weighted by atomic mass is 16.6. The first-order valence-corrected chi connectivity index (χ1v) is 7.88. The van der Waals surface area contributed by atoms with Gasteiger partial charge in [-0.25, -0.2) is 0 Å². The zero-order valence-corrected chi connectivity index (χ0v) is 13.9. The maximum absolute atomic E-state index is 12.4. The first-order chi connectivity index (χ1) is 12.4. The monoisotopic (exact) mass is 353 g/mol. The van der Waals surface area contributed by atoms with E-state index in [-0.39, 0.29) is 35.7 Å². The molecular weight excluding hydrogens is 338 g/mol. The van der Waals surface area contributed by atoms with E-state index in [1.54, 1.807) is 12.1 Å². The molecule has 0 saturated carbocycles. The van der Waals surface area contributed by atoms with Gasteiger partial charge in [0.15, 0.2) is 0 Å². The highest BCUT2D eigenvalue weighted by Crippen LogP contribution is 2.27. The van der Waals surface area contributed by atoms with Gasteiger partial charge in [-0.15, -0.1) is 0 Å². The highest BCUT2D eigenvalue weighted by molar-refractivity contribution is 6.21. The molecule has 3 rings (SSSR count). The number of imide groups is 1. The van der Waals surface area contributed by atoms with Crippen molar-refractivity contribution >= 4 is 29.1 Å². The SMILES string of the molecule is Cc1ccccc1NC(=O)CCN1C(=O)c2ccc([N+](=O)[O-])cc2C1=O. The number of aryl methyl sites for hydroxylation is 1. The number of nitro benzene ring substituents is 1. The zero-order chi connectivity index (χ0) is 18.8. The van der Waals surface area contributed by atoms with Crippen LogP contribution in [0.25, 0.3) is 0 Å². The average Bonchev–Trinajstić information content (AvgIpc) is 2.85. The van der Waals surface area contributed by atoms with E-state index >= 15 is 0 Å². The summed E-state index contributed by atoms with van der Waals surface area (Å²) in [4.78, 5) is 47.9. The number of para-hydroxylation sites is 1. The fourth-order valence-electron chi connectivity index (χ4n) is 2.73. The Labute approximate surface area is 148 Å².